The van der Waals surface area contributed by atoms with Crippen molar-refractivity contribution in [3.8, 4) is 0 Å². The molecule has 0 spiro atoms. The van der Waals surface area contributed by atoms with Gasteiger partial charge in [0.05, 0.1) is 18.1 Å². The molecule has 0 bridgehead atoms. The molecule has 1 saturated heterocycles. The van der Waals surface area contributed by atoms with E-state index in [4.69, 9.17) is 9.47 Å². The molecule has 12 nitrogen and oxygen atoms in total. The minimum atomic E-state index is -3.96. The summed E-state index contributed by atoms with van der Waals surface area (Å²) in [7, 11) is -2.81. The Labute approximate surface area is 330 Å². The molecule has 302 valence electrons. The molecule has 1 aliphatic heterocycles. The minimum absolute atomic E-state index is 0.0326. The zero-order chi connectivity index (χ0) is 40.5. The number of alkyl carbamates (subject to hydrolysis) is 1. The maximum absolute atomic E-state index is 14.3. The monoisotopic (exact) mass is 804 g/mol. The van der Waals surface area contributed by atoms with Gasteiger partial charge in [-0.15, -0.1) is 0 Å². The third kappa shape index (κ3) is 10.3. The Hall–Kier alpha value is -5.38. The number of carbonyl (C=O) groups is 3. The van der Waals surface area contributed by atoms with Crippen molar-refractivity contribution < 1.29 is 46.2 Å². The summed E-state index contributed by atoms with van der Waals surface area (Å²) >= 11 is 0. The van der Waals surface area contributed by atoms with Crippen molar-refractivity contribution >= 4 is 28.1 Å². The molecule has 57 heavy (non-hydrogen) atoms. The van der Waals surface area contributed by atoms with Crippen LogP contribution in [0.4, 0.5) is 18.4 Å². The van der Waals surface area contributed by atoms with Crippen molar-refractivity contribution in [3.63, 3.8) is 0 Å². The molecule has 6 rings (SSSR count). The molecule has 5 atom stereocenters. The summed E-state index contributed by atoms with van der Waals surface area (Å²) in [5.74, 6) is -2.87. The highest BCUT2D eigenvalue weighted by atomic mass is 32.2. The SMILES string of the molecule is COC(=O)NC(C(=O)NC1CC(O)CC1CCC1CN(C(=O)OCc2ccccc2)CCN1S(=O)(=O)c1ccccc1)C(c1ccc(F)cc1)c1ccc(F)cc1. The molecule has 3 amide bonds. The first kappa shape index (κ1) is 41.3. The van der Waals surface area contributed by atoms with Gasteiger partial charge in [-0.05, 0) is 84.7 Å². The number of ether oxygens (including phenoxy) is 2. The summed E-state index contributed by atoms with van der Waals surface area (Å²) in [5.41, 5.74) is 1.74. The van der Waals surface area contributed by atoms with Crippen LogP contribution in [0, 0.1) is 17.6 Å². The maximum atomic E-state index is 14.3. The van der Waals surface area contributed by atoms with Gasteiger partial charge in [0.2, 0.25) is 15.9 Å². The Morgan fingerprint density at radius 2 is 1.42 bits per heavy atom. The summed E-state index contributed by atoms with van der Waals surface area (Å²) in [6.07, 6.45) is -1.10. The average molecular weight is 805 g/mol. The lowest BCUT2D eigenvalue weighted by atomic mass is 9.84. The van der Waals surface area contributed by atoms with Crippen LogP contribution in [0.3, 0.4) is 0 Å². The van der Waals surface area contributed by atoms with Crippen LogP contribution in [0.5, 0.6) is 0 Å². The van der Waals surface area contributed by atoms with Crippen LogP contribution >= 0.6 is 0 Å². The normalized spacial score (nSPS) is 20.5. The van der Waals surface area contributed by atoms with Crippen LogP contribution < -0.4 is 10.6 Å². The Morgan fingerprint density at radius 3 is 2.02 bits per heavy atom. The highest BCUT2D eigenvalue weighted by Gasteiger charge is 2.42. The van der Waals surface area contributed by atoms with Gasteiger partial charge >= 0.3 is 12.2 Å². The predicted octanol–water partition coefficient (Wildman–Crippen LogP) is 5.57. The molecule has 0 aromatic heterocycles. The van der Waals surface area contributed by atoms with Gasteiger partial charge in [-0.2, -0.15) is 4.31 Å². The third-order valence-corrected chi connectivity index (χ3v) is 12.6. The molecular weight excluding hydrogens is 759 g/mol. The fourth-order valence-corrected chi connectivity index (χ4v) is 9.43. The van der Waals surface area contributed by atoms with Gasteiger partial charge in [-0.1, -0.05) is 72.8 Å². The number of halogens is 2. The lowest BCUT2D eigenvalue weighted by Crippen LogP contribution is -2.56. The molecule has 2 aliphatic rings. The first-order valence-corrected chi connectivity index (χ1v) is 20.2. The van der Waals surface area contributed by atoms with Crippen LogP contribution in [0.15, 0.2) is 114 Å². The standard InChI is InChI=1S/C42H46F2N4O8S/c1-55-41(51)46-39(38(29-12-17-32(43)18-13-29)30-14-19-33(44)20-15-30)40(50)45-37-25-35(49)24-31(37)16-21-34-26-47(42(52)56-27-28-8-4-2-5-9-28)22-23-48(34)57(53,54)36-10-6-3-7-11-36/h2-15,17-20,31,34-35,37-39,49H,16,21-27H2,1H3,(H,45,50)(H,46,51). The number of rotatable bonds is 13. The molecule has 3 N–H and O–H groups in total. The number of carbonyl (C=O) groups excluding carboxylic acids is 3. The number of aliphatic hydroxyl groups is 1. The molecular formula is C42H46F2N4O8S. The van der Waals surface area contributed by atoms with Gasteiger partial charge in [0.25, 0.3) is 0 Å². The number of nitrogens with zero attached hydrogens (tertiary/aromatic N) is 2. The van der Waals surface area contributed by atoms with E-state index in [2.05, 4.69) is 10.6 Å². The van der Waals surface area contributed by atoms with Crippen molar-refractivity contribution in [2.75, 3.05) is 26.7 Å². The van der Waals surface area contributed by atoms with E-state index in [0.717, 1.165) is 12.7 Å². The Morgan fingerprint density at radius 1 is 0.825 bits per heavy atom. The summed E-state index contributed by atoms with van der Waals surface area (Å²) in [5, 5.41) is 16.5. The van der Waals surface area contributed by atoms with E-state index >= 15 is 0 Å². The van der Waals surface area contributed by atoms with E-state index in [1.54, 1.807) is 18.2 Å². The topological polar surface area (TPSA) is 155 Å². The zero-order valence-electron chi connectivity index (χ0n) is 31.4. The first-order valence-electron chi connectivity index (χ1n) is 18.8. The summed E-state index contributed by atoms with van der Waals surface area (Å²) < 4.78 is 67.8. The van der Waals surface area contributed by atoms with Crippen molar-refractivity contribution in [2.45, 2.75) is 67.3 Å². The van der Waals surface area contributed by atoms with Crippen LogP contribution in [0.25, 0.3) is 0 Å². The first-order chi connectivity index (χ1) is 27.4. The number of benzene rings is 4. The second kappa shape index (κ2) is 18.7. The molecule has 2 fully saturated rings. The largest absolute Gasteiger partial charge is 0.453 e. The van der Waals surface area contributed by atoms with E-state index in [1.807, 2.05) is 30.3 Å². The number of hydrogen-bond acceptors (Lipinski definition) is 8. The number of nitrogens with one attached hydrogen (secondary N) is 2. The fraction of sp³-hybridized carbons (Fsp3) is 0.357. The Kier molecular flexibility index (Phi) is 13.5. The molecule has 4 aromatic carbocycles. The summed E-state index contributed by atoms with van der Waals surface area (Å²) in [4.78, 5) is 41.8. The zero-order valence-corrected chi connectivity index (χ0v) is 32.2. The lowest BCUT2D eigenvalue weighted by molar-refractivity contribution is -0.124. The van der Waals surface area contributed by atoms with Crippen molar-refractivity contribution in [2.24, 2.45) is 5.92 Å². The second-order valence-electron chi connectivity index (χ2n) is 14.3. The average Bonchev–Trinajstić information content (AvgIpc) is 3.58. The second-order valence-corrected chi connectivity index (χ2v) is 16.2. The number of amides is 3. The van der Waals surface area contributed by atoms with Gasteiger partial charge in [-0.25, -0.2) is 26.8 Å². The number of piperazine rings is 1. The van der Waals surface area contributed by atoms with Crippen molar-refractivity contribution in [3.05, 3.63) is 138 Å². The molecule has 5 unspecified atom stereocenters. The number of aliphatic hydroxyl groups excluding tert-OH is 1. The molecule has 15 heteroatoms. The maximum Gasteiger partial charge on any atom is 0.410 e. The van der Waals surface area contributed by atoms with Gasteiger partial charge < -0.3 is 30.1 Å². The molecule has 1 heterocycles. The van der Waals surface area contributed by atoms with Gasteiger partial charge in [-0.3, -0.25) is 4.79 Å². The summed E-state index contributed by atoms with van der Waals surface area (Å²) in [6, 6.07) is 25.5. The quantitative estimate of drug-likeness (QED) is 0.159. The highest BCUT2D eigenvalue weighted by molar-refractivity contribution is 7.89. The van der Waals surface area contributed by atoms with E-state index < -0.39 is 69.9 Å². The van der Waals surface area contributed by atoms with Gasteiger partial charge in [0.1, 0.15) is 24.3 Å². The number of sulfonamides is 1. The van der Waals surface area contributed by atoms with Crippen LogP contribution in [0.1, 0.15) is 48.3 Å². The van der Waals surface area contributed by atoms with Crippen LogP contribution in [0.2, 0.25) is 0 Å². The molecule has 4 aromatic rings. The smallest absolute Gasteiger partial charge is 0.410 e. The van der Waals surface area contributed by atoms with Crippen LogP contribution in [-0.2, 0) is 30.9 Å². The van der Waals surface area contributed by atoms with Crippen molar-refractivity contribution in [1.82, 2.24) is 19.8 Å². The number of methoxy groups -OCH3 is 1. The highest BCUT2D eigenvalue weighted by Crippen LogP contribution is 2.34. The van der Waals surface area contributed by atoms with Gasteiger partial charge in [0, 0.05) is 37.6 Å². The van der Waals surface area contributed by atoms with E-state index in [9.17, 15) is 36.7 Å². The van der Waals surface area contributed by atoms with E-state index in [0.29, 0.717) is 24.0 Å². The van der Waals surface area contributed by atoms with Gasteiger partial charge in [0.15, 0.2) is 0 Å². The summed E-state index contributed by atoms with van der Waals surface area (Å²) in [6.45, 7) is 0.275. The van der Waals surface area contributed by atoms with Crippen molar-refractivity contribution in [1.29, 1.82) is 0 Å². The molecule has 0 radical (unpaired) electrons. The third-order valence-electron chi connectivity index (χ3n) is 10.6. The Bertz CT molecular complexity index is 2030. The van der Waals surface area contributed by atoms with E-state index in [-0.39, 0.29) is 49.9 Å². The lowest BCUT2D eigenvalue weighted by Gasteiger charge is -2.40. The van der Waals surface area contributed by atoms with E-state index in [1.165, 1.54) is 69.9 Å². The number of hydrogen-bond donors (Lipinski definition) is 3. The Balaban J connectivity index is 1.22. The minimum Gasteiger partial charge on any atom is -0.453 e. The predicted molar refractivity (Wildman–Crippen MR) is 206 cm³/mol. The fourth-order valence-electron chi connectivity index (χ4n) is 7.77. The van der Waals surface area contributed by atoms with Crippen LogP contribution in [-0.4, -0.2) is 91.8 Å². The molecule has 1 aliphatic carbocycles. The molecule has 1 saturated carbocycles.